The summed E-state index contributed by atoms with van der Waals surface area (Å²) in [5.41, 5.74) is 7.94. The molecule has 0 aliphatic carbocycles. The van der Waals surface area contributed by atoms with Gasteiger partial charge in [0.2, 0.25) is 0 Å². The van der Waals surface area contributed by atoms with E-state index in [-0.39, 0.29) is 5.56 Å². The topological polar surface area (TPSA) is 69.8 Å². The molecule has 0 unspecified atom stereocenters. The second kappa shape index (κ2) is 5.73. The fraction of sp³-hybridized carbons (Fsp3) is 0.462. The molecule has 18 heavy (non-hydrogen) atoms. The predicted molar refractivity (Wildman–Crippen MR) is 74.4 cm³/mol. The number of benzene rings is 1. The lowest BCUT2D eigenvalue weighted by Gasteiger charge is -2.23. The number of aromatic carboxylic acids is 1. The average Bonchev–Trinajstić information content (AvgIpc) is 2.28. The van der Waals surface area contributed by atoms with Crippen LogP contribution in [-0.2, 0) is 0 Å². The van der Waals surface area contributed by atoms with Crippen molar-refractivity contribution in [2.45, 2.75) is 6.92 Å². The second-order valence-corrected chi connectivity index (χ2v) is 4.75. The van der Waals surface area contributed by atoms with Crippen LogP contribution in [0.3, 0.4) is 0 Å². The number of hydrogen-bond donors (Lipinski definition) is 2. The maximum atomic E-state index is 11.1. The number of rotatable bonds is 5. The highest BCUT2D eigenvalue weighted by molar-refractivity contribution is 5.95. The lowest BCUT2D eigenvalue weighted by molar-refractivity contribution is 0.0698. The highest BCUT2D eigenvalue weighted by atomic mass is 16.4. The van der Waals surface area contributed by atoms with E-state index in [1.165, 1.54) is 0 Å². The van der Waals surface area contributed by atoms with Crippen molar-refractivity contribution in [3.8, 4) is 0 Å². The Morgan fingerprint density at radius 2 is 1.89 bits per heavy atom. The summed E-state index contributed by atoms with van der Waals surface area (Å²) in [5, 5.41) is 9.11. The van der Waals surface area contributed by atoms with Gasteiger partial charge in [0.25, 0.3) is 0 Å². The van der Waals surface area contributed by atoms with Crippen LogP contribution in [0.25, 0.3) is 0 Å². The molecule has 0 heterocycles. The van der Waals surface area contributed by atoms with Crippen molar-refractivity contribution in [2.24, 2.45) is 0 Å². The van der Waals surface area contributed by atoms with Gasteiger partial charge in [-0.15, -0.1) is 0 Å². The van der Waals surface area contributed by atoms with Crippen LogP contribution in [-0.4, -0.2) is 50.2 Å². The smallest absolute Gasteiger partial charge is 0.337 e. The molecule has 1 aromatic carbocycles. The molecule has 0 amide bonds. The number of nitrogens with two attached hydrogens (primary N) is 1. The monoisotopic (exact) mass is 251 g/mol. The van der Waals surface area contributed by atoms with Crippen LogP contribution in [0, 0.1) is 6.92 Å². The molecule has 0 atom stereocenters. The summed E-state index contributed by atoms with van der Waals surface area (Å²) in [6.07, 6.45) is 0. The molecule has 5 nitrogen and oxygen atoms in total. The Morgan fingerprint density at radius 1 is 1.28 bits per heavy atom. The Hall–Kier alpha value is -1.75. The highest BCUT2D eigenvalue weighted by Crippen LogP contribution is 2.24. The van der Waals surface area contributed by atoms with Gasteiger partial charge in [0.1, 0.15) is 0 Å². The van der Waals surface area contributed by atoms with Gasteiger partial charge in [-0.2, -0.15) is 0 Å². The molecular formula is C13H21N3O2. The zero-order valence-electron chi connectivity index (χ0n) is 11.4. The Kier molecular flexibility index (Phi) is 4.55. The SMILES string of the molecule is Cc1cc(N(C)CCN(C)C)cc(C(=O)O)c1N. The summed E-state index contributed by atoms with van der Waals surface area (Å²) in [4.78, 5) is 15.2. The minimum Gasteiger partial charge on any atom is -0.478 e. The van der Waals surface area contributed by atoms with Crippen LogP contribution in [0.4, 0.5) is 11.4 Å². The first kappa shape index (κ1) is 14.3. The van der Waals surface area contributed by atoms with E-state index in [2.05, 4.69) is 4.90 Å². The van der Waals surface area contributed by atoms with Gasteiger partial charge >= 0.3 is 5.97 Å². The van der Waals surface area contributed by atoms with Crippen LogP contribution < -0.4 is 10.6 Å². The van der Waals surface area contributed by atoms with E-state index in [1.807, 2.05) is 39.0 Å². The fourth-order valence-corrected chi connectivity index (χ4v) is 1.66. The van der Waals surface area contributed by atoms with Crippen LogP contribution in [0.5, 0.6) is 0 Å². The third-order valence-corrected chi connectivity index (χ3v) is 2.93. The molecule has 3 N–H and O–H groups in total. The largest absolute Gasteiger partial charge is 0.478 e. The summed E-state index contributed by atoms with van der Waals surface area (Å²) in [6.45, 7) is 3.56. The number of aryl methyl sites for hydroxylation is 1. The zero-order chi connectivity index (χ0) is 13.9. The van der Waals surface area contributed by atoms with Crippen LogP contribution in [0.2, 0.25) is 0 Å². The summed E-state index contributed by atoms with van der Waals surface area (Å²) >= 11 is 0. The van der Waals surface area contributed by atoms with Gasteiger partial charge < -0.3 is 20.6 Å². The van der Waals surface area contributed by atoms with Crippen molar-refractivity contribution in [3.05, 3.63) is 23.3 Å². The molecule has 0 aliphatic heterocycles. The molecule has 0 saturated heterocycles. The third kappa shape index (κ3) is 3.37. The van der Waals surface area contributed by atoms with Gasteiger partial charge in [-0.1, -0.05) is 0 Å². The van der Waals surface area contributed by atoms with Gasteiger partial charge in [-0.05, 0) is 38.7 Å². The predicted octanol–water partition coefficient (Wildman–Crippen LogP) is 1.27. The Balaban J connectivity index is 2.99. The van der Waals surface area contributed by atoms with Crippen molar-refractivity contribution >= 4 is 17.3 Å². The van der Waals surface area contributed by atoms with Crippen molar-refractivity contribution in [1.29, 1.82) is 0 Å². The van der Waals surface area contributed by atoms with E-state index in [9.17, 15) is 4.79 Å². The zero-order valence-corrected chi connectivity index (χ0v) is 11.4. The molecule has 0 bridgehead atoms. The lowest BCUT2D eigenvalue weighted by Crippen LogP contribution is -2.28. The summed E-state index contributed by atoms with van der Waals surface area (Å²) < 4.78 is 0. The van der Waals surface area contributed by atoms with Crippen molar-refractivity contribution < 1.29 is 9.90 Å². The van der Waals surface area contributed by atoms with E-state index in [1.54, 1.807) is 6.07 Å². The summed E-state index contributed by atoms with van der Waals surface area (Å²) in [5.74, 6) is -0.988. The number of likely N-dealkylation sites (N-methyl/N-ethyl adjacent to an activating group) is 2. The van der Waals surface area contributed by atoms with Crippen molar-refractivity contribution in [2.75, 3.05) is 44.9 Å². The van der Waals surface area contributed by atoms with E-state index >= 15 is 0 Å². The molecule has 0 spiro atoms. The minimum absolute atomic E-state index is 0.168. The molecular weight excluding hydrogens is 230 g/mol. The van der Waals surface area contributed by atoms with E-state index < -0.39 is 5.97 Å². The number of anilines is 2. The number of hydrogen-bond acceptors (Lipinski definition) is 4. The van der Waals surface area contributed by atoms with E-state index in [0.29, 0.717) is 5.69 Å². The molecule has 0 saturated carbocycles. The van der Waals surface area contributed by atoms with E-state index in [4.69, 9.17) is 10.8 Å². The standard InChI is InChI=1S/C13H21N3O2/c1-9-7-10(16(4)6-5-15(2)3)8-11(12(9)14)13(17)18/h7-8H,5-6,14H2,1-4H3,(H,17,18). The lowest BCUT2D eigenvalue weighted by atomic mass is 10.1. The average molecular weight is 251 g/mol. The van der Waals surface area contributed by atoms with Crippen LogP contribution in [0.15, 0.2) is 12.1 Å². The number of carbonyl (C=O) groups is 1. The Morgan fingerprint density at radius 3 is 2.39 bits per heavy atom. The Bertz CT molecular complexity index is 444. The summed E-state index contributed by atoms with van der Waals surface area (Å²) in [7, 11) is 5.95. The van der Waals surface area contributed by atoms with Crippen molar-refractivity contribution in [1.82, 2.24) is 4.90 Å². The number of nitrogens with zero attached hydrogens (tertiary/aromatic N) is 2. The first-order valence-electron chi connectivity index (χ1n) is 5.82. The molecule has 1 aromatic rings. The van der Waals surface area contributed by atoms with Crippen LogP contribution in [0.1, 0.15) is 15.9 Å². The number of carboxylic acid groups (broad SMARTS) is 1. The fourth-order valence-electron chi connectivity index (χ4n) is 1.66. The van der Waals surface area contributed by atoms with Gasteiger partial charge in [0.15, 0.2) is 0 Å². The molecule has 1 rings (SSSR count). The highest BCUT2D eigenvalue weighted by Gasteiger charge is 2.13. The van der Waals surface area contributed by atoms with Gasteiger partial charge in [-0.25, -0.2) is 4.79 Å². The molecule has 0 aliphatic rings. The van der Waals surface area contributed by atoms with E-state index in [0.717, 1.165) is 24.3 Å². The third-order valence-electron chi connectivity index (χ3n) is 2.93. The Labute approximate surface area is 108 Å². The second-order valence-electron chi connectivity index (χ2n) is 4.75. The summed E-state index contributed by atoms with van der Waals surface area (Å²) in [6, 6.07) is 3.54. The molecule has 5 heteroatoms. The minimum atomic E-state index is -0.988. The first-order valence-corrected chi connectivity index (χ1v) is 5.82. The maximum absolute atomic E-state index is 11.1. The molecule has 0 aromatic heterocycles. The first-order chi connectivity index (χ1) is 8.32. The maximum Gasteiger partial charge on any atom is 0.337 e. The number of nitrogen functional groups attached to an aromatic ring is 1. The normalized spacial score (nSPS) is 10.7. The molecule has 100 valence electrons. The molecule has 0 fully saturated rings. The quantitative estimate of drug-likeness (QED) is 0.771. The van der Waals surface area contributed by atoms with Crippen LogP contribution >= 0.6 is 0 Å². The van der Waals surface area contributed by atoms with Gasteiger partial charge in [0.05, 0.1) is 5.56 Å². The van der Waals surface area contributed by atoms with Gasteiger partial charge in [0, 0.05) is 31.5 Å². The van der Waals surface area contributed by atoms with Gasteiger partial charge in [-0.3, -0.25) is 0 Å². The number of carboxylic acids is 1. The molecule has 0 radical (unpaired) electrons. The van der Waals surface area contributed by atoms with Crippen molar-refractivity contribution in [3.63, 3.8) is 0 Å².